The van der Waals surface area contributed by atoms with Crippen LogP contribution in [0.5, 0.6) is 0 Å². The van der Waals surface area contributed by atoms with Crippen LogP contribution in [0.25, 0.3) is 17.8 Å². The zero-order chi connectivity index (χ0) is 19.2. The van der Waals surface area contributed by atoms with Gasteiger partial charge in [0.1, 0.15) is 5.82 Å². The quantitative estimate of drug-likeness (QED) is 0.709. The van der Waals surface area contributed by atoms with Gasteiger partial charge in [-0.25, -0.2) is 14.5 Å². The molecule has 4 rings (SSSR count). The minimum atomic E-state index is 0.669. The van der Waals surface area contributed by atoms with E-state index in [1.807, 2.05) is 42.8 Å². The lowest BCUT2D eigenvalue weighted by Gasteiger charge is -2.16. The van der Waals surface area contributed by atoms with Crippen molar-refractivity contribution in [1.82, 2.24) is 24.6 Å². The molecule has 1 aliphatic heterocycles. The Morgan fingerprint density at radius 1 is 1.04 bits per heavy atom. The van der Waals surface area contributed by atoms with E-state index in [1.165, 1.54) is 12.8 Å². The molecule has 3 aromatic rings. The van der Waals surface area contributed by atoms with Crippen LogP contribution in [-0.4, -0.2) is 51.9 Å². The summed E-state index contributed by atoms with van der Waals surface area (Å²) in [4.78, 5) is 15.9. The van der Waals surface area contributed by atoms with Crippen molar-refractivity contribution in [3.8, 4) is 0 Å². The minimum Gasteiger partial charge on any atom is -0.388 e. The summed E-state index contributed by atoms with van der Waals surface area (Å²) in [6, 6.07) is 6.13. The maximum Gasteiger partial charge on any atom is 0.177 e. The summed E-state index contributed by atoms with van der Waals surface area (Å²) >= 11 is 0. The van der Waals surface area contributed by atoms with Crippen LogP contribution in [0.2, 0.25) is 0 Å². The molecular weight excluding hydrogens is 340 g/mol. The van der Waals surface area contributed by atoms with Gasteiger partial charge in [-0.3, -0.25) is 4.98 Å². The Morgan fingerprint density at radius 2 is 1.78 bits per heavy atom. The number of aromatic nitrogens is 5. The largest absolute Gasteiger partial charge is 0.388 e. The van der Waals surface area contributed by atoms with E-state index in [2.05, 4.69) is 36.8 Å². The third-order valence-electron chi connectivity index (χ3n) is 4.32. The standard InChI is InChI=1S/C18H20N6.C2H6O/c1-13-12-19-14(2)18-21-16(22-24(13)18)9-8-15-6-5-7-17(20-15)23-10-3-4-11-23;1-3-2/h5-9,12H,3-4,10-11H2,1-2H3;1-2H3/b9-8+;. The third kappa shape index (κ3) is 4.49. The van der Waals surface area contributed by atoms with Crippen molar-refractivity contribution in [2.24, 2.45) is 0 Å². The highest BCUT2D eigenvalue weighted by atomic mass is 16.4. The lowest BCUT2D eigenvalue weighted by Crippen LogP contribution is -2.18. The molecule has 3 aromatic heterocycles. The Morgan fingerprint density at radius 3 is 2.48 bits per heavy atom. The molecule has 4 heterocycles. The molecular formula is C20H26N6O. The minimum absolute atomic E-state index is 0.669. The van der Waals surface area contributed by atoms with Crippen LogP contribution in [0, 0.1) is 13.8 Å². The van der Waals surface area contributed by atoms with Crippen molar-refractivity contribution < 1.29 is 4.74 Å². The van der Waals surface area contributed by atoms with E-state index < -0.39 is 0 Å². The predicted octanol–water partition coefficient (Wildman–Crippen LogP) is 3.17. The first-order valence-corrected chi connectivity index (χ1v) is 9.11. The summed E-state index contributed by atoms with van der Waals surface area (Å²) in [5.74, 6) is 1.72. The van der Waals surface area contributed by atoms with Crippen LogP contribution in [-0.2, 0) is 4.74 Å². The topological polar surface area (TPSA) is 68.4 Å². The monoisotopic (exact) mass is 366 g/mol. The van der Waals surface area contributed by atoms with Gasteiger partial charge in [0.05, 0.1) is 17.1 Å². The third-order valence-corrected chi connectivity index (χ3v) is 4.32. The zero-order valence-electron chi connectivity index (χ0n) is 16.4. The number of anilines is 1. The van der Waals surface area contributed by atoms with Crippen LogP contribution in [0.1, 0.15) is 35.7 Å². The number of pyridine rings is 1. The van der Waals surface area contributed by atoms with Gasteiger partial charge in [0, 0.05) is 33.5 Å². The molecule has 0 unspecified atom stereocenters. The number of nitrogens with zero attached hydrogens (tertiary/aromatic N) is 6. The molecule has 0 aromatic carbocycles. The average Bonchev–Trinajstić information content (AvgIpc) is 3.34. The van der Waals surface area contributed by atoms with Crippen molar-refractivity contribution in [1.29, 1.82) is 0 Å². The Bertz CT molecular complexity index is 888. The molecule has 27 heavy (non-hydrogen) atoms. The van der Waals surface area contributed by atoms with E-state index in [1.54, 1.807) is 14.2 Å². The van der Waals surface area contributed by atoms with Crippen molar-refractivity contribution in [3.05, 3.63) is 47.3 Å². The van der Waals surface area contributed by atoms with Gasteiger partial charge in [0.15, 0.2) is 11.5 Å². The first kappa shape index (κ1) is 19.0. The van der Waals surface area contributed by atoms with Gasteiger partial charge in [-0.15, -0.1) is 5.10 Å². The summed E-state index contributed by atoms with van der Waals surface area (Å²) in [5.41, 5.74) is 3.57. The second-order valence-electron chi connectivity index (χ2n) is 6.55. The molecule has 0 radical (unpaired) electrons. The molecule has 0 N–H and O–H groups in total. The van der Waals surface area contributed by atoms with E-state index in [-0.39, 0.29) is 0 Å². The molecule has 1 fully saturated rings. The Hall–Kier alpha value is -2.80. The number of fused-ring (bicyclic) bond motifs is 1. The van der Waals surface area contributed by atoms with Crippen molar-refractivity contribution in [2.45, 2.75) is 26.7 Å². The van der Waals surface area contributed by atoms with E-state index in [0.717, 1.165) is 41.6 Å². The molecule has 1 aliphatic rings. The maximum atomic E-state index is 4.72. The van der Waals surface area contributed by atoms with E-state index in [0.29, 0.717) is 5.82 Å². The Balaban J connectivity index is 0.000000659. The number of rotatable bonds is 3. The Labute approximate surface area is 159 Å². The first-order chi connectivity index (χ1) is 13.1. The van der Waals surface area contributed by atoms with Gasteiger partial charge in [-0.1, -0.05) is 6.07 Å². The van der Waals surface area contributed by atoms with Gasteiger partial charge < -0.3 is 9.64 Å². The zero-order valence-corrected chi connectivity index (χ0v) is 16.4. The number of hydrogen-bond acceptors (Lipinski definition) is 6. The maximum absolute atomic E-state index is 4.72. The number of ether oxygens (including phenoxy) is 1. The summed E-state index contributed by atoms with van der Waals surface area (Å²) in [7, 11) is 3.25. The number of aryl methyl sites for hydroxylation is 2. The summed E-state index contributed by atoms with van der Waals surface area (Å²) in [6.07, 6.45) is 8.18. The molecule has 0 saturated carbocycles. The fraction of sp³-hybridized carbons (Fsp3) is 0.400. The van der Waals surface area contributed by atoms with Crippen molar-refractivity contribution in [3.63, 3.8) is 0 Å². The van der Waals surface area contributed by atoms with E-state index in [9.17, 15) is 0 Å². The molecule has 1 saturated heterocycles. The predicted molar refractivity (Wildman–Crippen MR) is 108 cm³/mol. The van der Waals surface area contributed by atoms with Gasteiger partial charge in [-0.05, 0) is 51.0 Å². The highest BCUT2D eigenvalue weighted by molar-refractivity contribution is 5.66. The fourth-order valence-electron chi connectivity index (χ4n) is 3.00. The smallest absolute Gasteiger partial charge is 0.177 e. The first-order valence-electron chi connectivity index (χ1n) is 9.11. The van der Waals surface area contributed by atoms with Crippen molar-refractivity contribution in [2.75, 3.05) is 32.2 Å². The average molecular weight is 366 g/mol. The molecule has 142 valence electrons. The highest BCUT2D eigenvalue weighted by Crippen LogP contribution is 2.18. The fourth-order valence-corrected chi connectivity index (χ4v) is 3.00. The number of hydrogen-bond donors (Lipinski definition) is 0. The second-order valence-corrected chi connectivity index (χ2v) is 6.55. The van der Waals surface area contributed by atoms with E-state index >= 15 is 0 Å². The van der Waals surface area contributed by atoms with Gasteiger partial charge >= 0.3 is 0 Å². The molecule has 7 heteroatoms. The molecule has 0 bridgehead atoms. The number of methoxy groups -OCH3 is 1. The lowest BCUT2D eigenvalue weighted by atomic mass is 10.3. The summed E-state index contributed by atoms with van der Waals surface area (Å²) < 4.78 is 6.08. The normalized spacial score (nSPS) is 14.0. The van der Waals surface area contributed by atoms with Gasteiger partial charge in [-0.2, -0.15) is 0 Å². The van der Waals surface area contributed by atoms with Crippen molar-refractivity contribution >= 4 is 23.6 Å². The highest BCUT2D eigenvalue weighted by Gasteiger charge is 2.13. The summed E-state index contributed by atoms with van der Waals surface area (Å²) in [6.45, 7) is 6.11. The van der Waals surface area contributed by atoms with Crippen LogP contribution in [0.4, 0.5) is 5.82 Å². The van der Waals surface area contributed by atoms with Crippen LogP contribution in [0.3, 0.4) is 0 Å². The molecule has 7 nitrogen and oxygen atoms in total. The van der Waals surface area contributed by atoms with E-state index in [4.69, 9.17) is 4.98 Å². The van der Waals surface area contributed by atoms with Gasteiger partial charge in [0.25, 0.3) is 0 Å². The SMILES string of the molecule is COC.Cc1ncc(C)n2nc(/C=C/c3cccc(N4CCCC4)n3)nc12. The lowest BCUT2D eigenvalue weighted by molar-refractivity contribution is 0.277. The molecule has 0 amide bonds. The van der Waals surface area contributed by atoms with Crippen LogP contribution in [0.15, 0.2) is 24.4 Å². The summed E-state index contributed by atoms with van der Waals surface area (Å²) in [5, 5.41) is 4.53. The second kappa shape index (κ2) is 8.73. The molecule has 0 aliphatic carbocycles. The van der Waals surface area contributed by atoms with Crippen LogP contribution >= 0.6 is 0 Å². The molecule has 0 atom stereocenters. The van der Waals surface area contributed by atoms with Crippen LogP contribution < -0.4 is 4.90 Å². The van der Waals surface area contributed by atoms with Gasteiger partial charge in [0.2, 0.25) is 0 Å². The molecule has 0 spiro atoms. The Kier molecular flexibility index (Phi) is 6.13.